The van der Waals surface area contributed by atoms with Crippen molar-refractivity contribution in [3.8, 4) is 10.4 Å². The minimum absolute atomic E-state index is 0.271. The Morgan fingerprint density at radius 3 is 2.58 bits per heavy atom. The Morgan fingerprint density at radius 1 is 1.19 bits per heavy atom. The molecule has 0 atom stereocenters. The number of hydrogen-bond donors (Lipinski definition) is 2. The Hall–Kier alpha value is -2.01. The summed E-state index contributed by atoms with van der Waals surface area (Å²) >= 11 is 1.21. The summed E-state index contributed by atoms with van der Waals surface area (Å²) in [6, 6.07) is 7.16. The van der Waals surface area contributed by atoms with Crippen LogP contribution in [0.15, 0.2) is 34.7 Å². The molecule has 31 heavy (non-hydrogen) atoms. The van der Waals surface area contributed by atoms with Crippen molar-refractivity contribution in [2.24, 2.45) is 5.73 Å². The molecule has 164 valence electrons. The highest BCUT2D eigenvalue weighted by Gasteiger charge is 2.31. The lowest BCUT2D eigenvalue weighted by molar-refractivity contribution is 0.100. The number of nitrogens with two attached hydrogens (primary N) is 1. The Kier molecular flexibility index (Phi) is 5.28. The van der Waals surface area contributed by atoms with Crippen molar-refractivity contribution in [1.29, 1.82) is 0 Å². The molecule has 0 spiro atoms. The highest BCUT2D eigenvalue weighted by molar-refractivity contribution is 7.91. The van der Waals surface area contributed by atoms with Gasteiger partial charge in [-0.25, -0.2) is 8.42 Å². The van der Waals surface area contributed by atoms with E-state index in [4.69, 9.17) is 5.73 Å². The van der Waals surface area contributed by atoms with Crippen LogP contribution in [0.25, 0.3) is 21.3 Å². The van der Waals surface area contributed by atoms with Crippen LogP contribution in [0.4, 0.5) is 0 Å². The van der Waals surface area contributed by atoms with Gasteiger partial charge in [-0.1, -0.05) is 0 Å². The van der Waals surface area contributed by atoms with E-state index in [1.807, 2.05) is 12.3 Å². The zero-order valence-corrected chi connectivity index (χ0v) is 19.2. The number of carbonyl (C=O) groups excluding carboxylic acids is 1. The molecule has 7 nitrogen and oxygen atoms in total. The first kappa shape index (κ1) is 20.9. The van der Waals surface area contributed by atoms with Crippen molar-refractivity contribution in [1.82, 2.24) is 9.29 Å². The molecule has 0 radical (unpaired) electrons. The topological polar surface area (TPSA) is 113 Å². The SMILES string of the molecule is NC(=O)c1cc(-c2ccc(S(=O)(=O)N3CCC3)s2)cc2c(C3CCS(=O)CC3)c[nH]c12. The monoisotopic (exact) mass is 477 g/mol. The number of primary amides is 1. The number of hydrogen-bond acceptors (Lipinski definition) is 5. The molecule has 0 bridgehead atoms. The molecule has 2 aromatic heterocycles. The summed E-state index contributed by atoms with van der Waals surface area (Å²) in [6.45, 7) is 1.12. The molecule has 2 saturated heterocycles. The Labute approximate surface area is 187 Å². The maximum Gasteiger partial charge on any atom is 0.252 e. The van der Waals surface area contributed by atoms with E-state index < -0.39 is 26.7 Å². The van der Waals surface area contributed by atoms with Gasteiger partial charge in [-0.05, 0) is 60.6 Å². The van der Waals surface area contributed by atoms with Crippen LogP contribution in [0.2, 0.25) is 0 Å². The van der Waals surface area contributed by atoms with Gasteiger partial charge in [0, 0.05) is 51.9 Å². The Morgan fingerprint density at radius 2 is 1.94 bits per heavy atom. The molecular formula is C21H23N3O4S3. The molecule has 4 heterocycles. The number of carbonyl (C=O) groups is 1. The molecule has 1 amide bonds. The van der Waals surface area contributed by atoms with Crippen LogP contribution < -0.4 is 5.73 Å². The zero-order valence-electron chi connectivity index (χ0n) is 16.8. The Bertz CT molecular complexity index is 1290. The van der Waals surface area contributed by atoms with Crippen LogP contribution in [0.1, 0.15) is 41.1 Å². The van der Waals surface area contributed by atoms with Gasteiger partial charge in [-0.15, -0.1) is 11.3 Å². The average Bonchev–Trinajstić information content (AvgIpc) is 3.34. The van der Waals surface area contributed by atoms with Crippen molar-refractivity contribution in [2.75, 3.05) is 24.6 Å². The number of rotatable bonds is 5. The lowest BCUT2D eigenvalue weighted by Crippen LogP contribution is -2.41. The molecule has 0 aliphatic carbocycles. The standard InChI is InChI=1S/C21H23N3O4S3/c22-21(25)16-11-14(18-2-3-19(29-18)31(27,28)24-6-1-7-24)10-15-17(12-23-20(15)16)13-4-8-30(26)9-5-13/h2-3,10-13,23H,1,4-9H2,(H2,22,25). The molecule has 1 aromatic carbocycles. The third-order valence-corrected chi connectivity index (χ3v) is 11.1. The van der Waals surface area contributed by atoms with Crippen molar-refractivity contribution in [3.05, 3.63) is 41.6 Å². The van der Waals surface area contributed by atoms with E-state index in [1.54, 1.807) is 18.2 Å². The number of H-pyrrole nitrogens is 1. The summed E-state index contributed by atoms with van der Waals surface area (Å²) in [5.74, 6) is 1.10. The minimum Gasteiger partial charge on any atom is -0.366 e. The number of benzene rings is 1. The number of thiophene rings is 1. The summed E-state index contributed by atoms with van der Waals surface area (Å²) in [6.07, 6.45) is 4.49. The molecule has 2 fully saturated rings. The molecule has 0 saturated carbocycles. The summed E-state index contributed by atoms with van der Waals surface area (Å²) in [5.41, 5.74) is 8.63. The average molecular weight is 478 g/mol. The molecule has 2 aliphatic rings. The van der Waals surface area contributed by atoms with E-state index in [1.165, 1.54) is 15.6 Å². The number of amides is 1. The van der Waals surface area contributed by atoms with E-state index in [-0.39, 0.29) is 5.92 Å². The van der Waals surface area contributed by atoms with Crippen LogP contribution in [0.5, 0.6) is 0 Å². The fourth-order valence-corrected chi connectivity index (χ4v) is 8.56. The third kappa shape index (κ3) is 3.65. The van der Waals surface area contributed by atoms with Gasteiger partial charge in [-0.2, -0.15) is 4.31 Å². The van der Waals surface area contributed by atoms with Gasteiger partial charge in [-0.3, -0.25) is 9.00 Å². The number of fused-ring (bicyclic) bond motifs is 1. The molecule has 10 heteroatoms. The van der Waals surface area contributed by atoms with Crippen molar-refractivity contribution < 1.29 is 17.4 Å². The van der Waals surface area contributed by atoms with Crippen LogP contribution in [-0.2, 0) is 20.8 Å². The maximum atomic E-state index is 12.7. The predicted molar refractivity (Wildman–Crippen MR) is 123 cm³/mol. The molecule has 0 unspecified atom stereocenters. The highest BCUT2D eigenvalue weighted by atomic mass is 32.2. The number of nitrogens with zero attached hydrogens (tertiary/aromatic N) is 1. The fraction of sp³-hybridized carbons (Fsp3) is 0.381. The molecule has 5 rings (SSSR count). The minimum atomic E-state index is -3.45. The number of aromatic nitrogens is 1. The van der Waals surface area contributed by atoms with Gasteiger partial charge in [0.2, 0.25) is 0 Å². The zero-order chi connectivity index (χ0) is 21.8. The van der Waals surface area contributed by atoms with Crippen LogP contribution in [0.3, 0.4) is 0 Å². The first-order chi connectivity index (χ1) is 14.8. The third-order valence-electron chi connectivity index (χ3n) is 6.19. The fourth-order valence-electron chi connectivity index (χ4n) is 4.30. The smallest absolute Gasteiger partial charge is 0.252 e. The molecule has 3 N–H and O–H groups in total. The second-order valence-electron chi connectivity index (χ2n) is 8.05. The van der Waals surface area contributed by atoms with Crippen molar-refractivity contribution in [3.63, 3.8) is 0 Å². The van der Waals surface area contributed by atoms with E-state index in [9.17, 15) is 17.4 Å². The van der Waals surface area contributed by atoms with Crippen LogP contribution in [-0.4, -0.2) is 52.4 Å². The summed E-state index contributed by atoms with van der Waals surface area (Å²) in [5, 5.41) is 0.921. The molecular weight excluding hydrogens is 454 g/mol. The summed E-state index contributed by atoms with van der Waals surface area (Å²) in [7, 11) is -4.20. The van der Waals surface area contributed by atoms with E-state index in [0.717, 1.165) is 40.7 Å². The lowest BCUT2D eigenvalue weighted by Gasteiger charge is -2.28. The van der Waals surface area contributed by atoms with E-state index in [0.29, 0.717) is 39.9 Å². The molecule has 3 aromatic rings. The van der Waals surface area contributed by atoms with Gasteiger partial charge < -0.3 is 10.7 Å². The highest BCUT2D eigenvalue weighted by Crippen LogP contribution is 2.39. The van der Waals surface area contributed by atoms with Crippen LogP contribution >= 0.6 is 11.3 Å². The predicted octanol–water partition coefficient (Wildman–Crippen LogP) is 3.02. The van der Waals surface area contributed by atoms with Gasteiger partial charge in [0.15, 0.2) is 0 Å². The van der Waals surface area contributed by atoms with Crippen LogP contribution in [0, 0.1) is 0 Å². The molecule has 2 aliphatic heterocycles. The van der Waals surface area contributed by atoms with E-state index >= 15 is 0 Å². The first-order valence-corrected chi connectivity index (χ1v) is 14.0. The second-order valence-corrected chi connectivity index (χ2v) is 13.0. The second kappa shape index (κ2) is 7.84. The normalized spacial score (nSPS) is 22.5. The quantitative estimate of drug-likeness (QED) is 0.588. The Balaban J connectivity index is 1.58. The summed E-state index contributed by atoms with van der Waals surface area (Å²) < 4.78 is 39.0. The number of aromatic amines is 1. The van der Waals surface area contributed by atoms with Gasteiger partial charge in [0.1, 0.15) is 4.21 Å². The lowest BCUT2D eigenvalue weighted by atomic mass is 9.91. The number of nitrogens with one attached hydrogen (secondary N) is 1. The van der Waals surface area contributed by atoms with Gasteiger partial charge in [0.25, 0.3) is 15.9 Å². The largest absolute Gasteiger partial charge is 0.366 e. The maximum absolute atomic E-state index is 12.7. The van der Waals surface area contributed by atoms with Crippen molar-refractivity contribution >= 4 is 49.0 Å². The van der Waals surface area contributed by atoms with Gasteiger partial charge in [0.05, 0.1) is 11.1 Å². The summed E-state index contributed by atoms with van der Waals surface area (Å²) in [4.78, 5) is 16.2. The van der Waals surface area contributed by atoms with Crippen molar-refractivity contribution in [2.45, 2.75) is 29.4 Å². The number of sulfonamides is 1. The van der Waals surface area contributed by atoms with E-state index in [2.05, 4.69) is 4.98 Å². The first-order valence-electron chi connectivity index (χ1n) is 10.2. The van der Waals surface area contributed by atoms with Gasteiger partial charge >= 0.3 is 0 Å².